The van der Waals surface area contributed by atoms with Crippen molar-refractivity contribution in [2.24, 2.45) is 0 Å². The molecule has 0 saturated heterocycles. The average Bonchev–Trinajstić information content (AvgIpc) is 3.00. The van der Waals surface area contributed by atoms with Gasteiger partial charge in [0.2, 0.25) is 11.8 Å². The highest BCUT2D eigenvalue weighted by Crippen LogP contribution is 2.43. The minimum absolute atomic E-state index is 0.182. The maximum absolute atomic E-state index is 12.8. The number of carbonyl (C=O) groups excluding carboxylic acids is 2. The quantitative estimate of drug-likeness (QED) is 0.878. The standard InChI is InChI=1S/C16H16N2O2S2/c1-16(15(20)18(2)10-11-6-5-9-21-11)14(19)17-12-7-3-4-8-13(12)22-16/h3-9H,10H2,1-2H3,(H,17,19)/t16-/m1/s1. The molecule has 4 nitrogen and oxygen atoms in total. The average molecular weight is 332 g/mol. The number of hydrogen-bond acceptors (Lipinski definition) is 4. The molecule has 0 bridgehead atoms. The Kier molecular flexibility index (Phi) is 3.97. The summed E-state index contributed by atoms with van der Waals surface area (Å²) in [4.78, 5) is 28.9. The maximum atomic E-state index is 12.8. The Morgan fingerprint density at radius 2 is 2.05 bits per heavy atom. The fraction of sp³-hybridized carbons (Fsp3) is 0.250. The minimum atomic E-state index is -1.14. The number of amides is 2. The summed E-state index contributed by atoms with van der Waals surface area (Å²) in [5.41, 5.74) is 0.767. The minimum Gasteiger partial charge on any atom is -0.339 e. The molecular formula is C16H16N2O2S2. The van der Waals surface area contributed by atoms with E-state index < -0.39 is 4.75 Å². The highest BCUT2D eigenvalue weighted by atomic mass is 32.2. The van der Waals surface area contributed by atoms with Gasteiger partial charge in [-0.05, 0) is 30.5 Å². The van der Waals surface area contributed by atoms with Crippen LogP contribution in [0.4, 0.5) is 5.69 Å². The highest BCUT2D eigenvalue weighted by molar-refractivity contribution is 8.02. The highest BCUT2D eigenvalue weighted by Gasteiger charge is 2.47. The van der Waals surface area contributed by atoms with Crippen LogP contribution in [0.25, 0.3) is 0 Å². The van der Waals surface area contributed by atoms with Crippen molar-refractivity contribution in [3.05, 3.63) is 46.7 Å². The summed E-state index contributed by atoms with van der Waals surface area (Å²) in [6, 6.07) is 11.5. The first-order valence-electron chi connectivity index (χ1n) is 6.88. The van der Waals surface area contributed by atoms with Gasteiger partial charge >= 0.3 is 0 Å². The van der Waals surface area contributed by atoms with E-state index in [0.717, 1.165) is 15.5 Å². The van der Waals surface area contributed by atoms with Crippen LogP contribution in [0.3, 0.4) is 0 Å². The monoisotopic (exact) mass is 332 g/mol. The van der Waals surface area contributed by atoms with Crippen molar-refractivity contribution < 1.29 is 9.59 Å². The number of hydrogen-bond donors (Lipinski definition) is 1. The number of para-hydroxylation sites is 1. The lowest BCUT2D eigenvalue weighted by Gasteiger charge is -2.34. The van der Waals surface area contributed by atoms with Gasteiger partial charge < -0.3 is 10.2 Å². The molecule has 2 heterocycles. The van der Waals surface area contributed by atoms with Crippen LogP contribution in [0.5, 0.6) is 0 Å². The van der Waals surface area contributed by atoms with Gasteiger partial charge in [-0.25, -0.2) is 0 Å². The summed E-state index contributed by atoms with van der Waals surface area (Å²) in [5, 5.41) is 4.82. The van der Waals surface area contributed by atoms with Crippen molar-refractivity contribution in [2.45, 2.75) is 23.1 Å². The van der Waals surface area contributed by atoms with Gasteiger partial charge in [-0.2, -0.15) is 0 Å². The molecule has 0 radical (unpaired) electrons. The van der Waals surface area contributed by atoms with E-state index in [9.17, 15) is 9.59 Å². The zero-order chi connectivity index (χ0) is 15.7. The fourth-order valence-corrected chi connectivity index (χ4v) is 4.34. The summed E-state index contributed by atoms with van der Waals surface area (Å²) < 4.78 is -1.14. The second-order valence-electron chi connectivity index (χ2n) is 5.33. The lowest BCUT2D eigenvalue weighted by Crippen LogP contribution is -2.52. The molecule has 0 spiro atoms. The zero-order valence-electron chi connectivity index (χ0n) is 12.3. The van der Waals surface area contributed by atoms with Crippen molar-refractivity contribution in [3.63, 3.8) is 0 Å². The molecule has 2 amide bonds. The van der Waals surface area contributed by atoms with E-state index in [4.69, 9.17) is 0 Å². The summed E-state index contributed by atoms with van der Waals surface area (Å²) in [6.07, 6.45) is 0. The van der Waals surface area contributed by atoms with Gasteiger partial charge in [0.1, 0.15) is 0 Å². The van der Waals surface area contributed by atoms with Crippen LogP contribution in [0, 0.1) is 0 Å². The van der Waals surface area contributed by atoms with Gasteiger partial charge in [-0.3, -0.25) is 9.59 Å². The van der Waals surface area contributed by atoms with Crippen molar-refractivity contribution >= 4 is 40.6 Å². The molecule has 0 unspecified atom stereocenters. The lowest BCUT2D eigenvalue weighted by atomic mass is 10.1. The Labute approximate surface area is 137 Å². The summed E-state index contributed by atoms with van der Waals surface area (Å²) in [7, 11) is 1.74. The van der Waals surface area contributed by atoms with Crippen LogP contribution in [-0.4, -0.2) is 28.5 Å². The third kappa shape index (κ3) is 2.64. The number of rotatable bonds is 3. The molecule has 3 rings (SSSR count). The predicted molar refractivity (Wildman–Crippen MR) is 90.1 cm³/mol. The number of thioether (sulfide) groups is 1. The van der Waals surface area contributed by atoms with Gasteiger partial charge in [0.15, 0.2) is 4.75 Å². The van der Waals surface area contributed by atoms with Crippen molar-refractivity contribution in [1.82, 2.24) is 4.90 Å². The second kappa shape index (κ2) is 5.78. The molecule has 1 atom stereocenters. The molecule has 0 fully saturated rings. The Morgan fingerprint density at radius 1 is 1.27 bits per heavy atom. The number of thiophene rings is 1. The van der Waals surface area contributed by atoms with Crippen LogP contribution >= 0.6 is 23.1 Å². The van der Waals surface area contributed by atoms with Crippen molar-refractivity contribution in [2.75, 3.05) is 12.4 Å². The van der Waals surface area contributed by atoms with E-state index in [1.807, 2.05) is 41.8 Å². The van der Waals surface area contributed by atoms with Gasteiger partial charge in [-0.15, -0.1) is 11.3 Å². The van der Waals surface area contributed by atoms with Crippen LogP contribution in [0.1, 0.15) is 11.8 Å². The maximum Gasteiger partial charge on any atom is 0.250 e. The van der Waals surface area contributed by atoms with Crippen molar-refractivity contribution in [3.8, 4) is 0 Å². The van der Waals surface area contributed by atoms with E-state index in [1.165, 1.54) is 11.8 Å². The van der Waals surface area contributed by atoms with E-state index >= 15 is 0 Å². The molecule has 2 aromatic rings. The van der Waals surface area contributed by atoms with Crippen LogP contribution < -0.4 is 5.32 Å². The van der Waals surface area contributed by atoms with Gasteiger partial charge in [-0.1, -0.05) is 30.0 Å². The number of carbonyl (C=O) groups is 2. The molecule has 114 valence electrons. The largest absolute Gasteiger partial charge is 0.339 e. The molecule has 6 heteroatoms. The molecule has 1 N–H and O–H groups in total. The first-order chi connectivity index (χ1) is 10.5. The molecule has 0 aliphatic carbocycles. The molecule has 1 aromatic heterocycles. The smallest absolute Gasteiger partial charge is 0.250 e. The number of nitrogens with one attached hydrogen (secondary N) is 1. The van der Waals surface area contributed by atoms with Crippen LogP contribution in [0.15, 0.2) is 46.7 Å². The Balaban J connectivity index is 1.83. The zero-order valence-corrected chi connectivity index (χ0v) is 14.0. The van der Waals surface area contributed by atoms with Crippen molar-refractivity contribution in [1.29, 1.82) is 0 Å². The molecule has 0 saturated carbocycles. The number of anilines is 1. The first kappa shape index (κ1) is 15.1. The Hall–Kier alpha value is -1.79. The summed E-state index contributed by atoms with van der Waals surface area (Å²) in [6.45, 7) is 2.21. The van der Waals surface area contributed by atoms with E-state index in [2.05, 4.69) is 5.32 Å². The SMILES string of the molecule is CN(Cc1cccs1)C(=O)[C@]1(C)Sc2ccccc2NC1=O. The lowest BCUT2D eigenvalue weighted by molar-refractivity contribution is -0.137. The summed E-state index contributed by atoms with van der Waals surface area (Å²) >= 11 is 2.92. The fourth-order valence-electron chi connectivity index (χ4n) is 2.38. The van der Waals surface area contributed by atoms with E-state index in [1.54, 1.807) is 30.2 Å². The first-order valence-corrected chi connectivity index (χ1v) is 8.58. The second-order valence-corrected chi connectivity index (χ2v) is 7.82. The van der Waals surface area contributed by atoms with Crippen LogP contribution in [0.2, 0.25) is 0 Å². The topological polar surface area (TPSA) is 49.4 Å². The number of nitrogens with zero attached hydrogens (tertiary/aromatic N) is 1. The molecule has 1 aliphatic rings. The Bertz CT molecular complexity index is 715. The number of benzene rings is 1. The van der Waals surface area contributed by atoms with Gasteiger partial charge in [0.05, 0.1) is 12.2 Å². The third-order valence-electron chi connectivity index (χ3n) is 3.61. The molecule has 22 heavy (non-hydrogen) atoms. The summed E-state index contributed by atoms with van der Waals surface area (Å²) in [5.74, 6) is -0.447. The van der Waals surface area contributed by atoms with Gasteiger partial charge in [0.25, 0.3) is 0 Å². The normalized spacial score (nSPS) is 20.2. The molecule has 1 aliphatic heterocycles. The Morgan fingerprint density at radius 3 is 2.77 bits per heavy atom. The van der Waals surface area contributed by atoms with E-state index in [0.29, 0.717) is 6.54 Å². The van der Waals surface area contributed by atoms with E-state index in [-0.39, 0.29) is 11.8 Å². The molecular weight excluding hydrogens is 316 g/mol. The number of fused-ring (bicyclic) bond motifs is 1. The third-order valence-corrected chi connectivity index (χ3v) is 5.82. The molecule has 1 aromatic carbocycles. The van der Waals surface area contributed by atoms with Gasteiger partial charge in [0, 0.05) is 16.8 Å². The van der Waals surface area contributed by atoms with Crippen LogP contribution in [-0.2, 0) is 16.1 Å². The predicted octanol–water partition coefficient (Wildman–Crippen LogP) is 3.21.